The quantitative estimate of drug-likeness (QED) is 0.855. The Morgan fingerprint density at radius 1 is 1.79 bits per heavy atom. The van der Waals surface area contributed by atoms with Crippen molar-refractivity contribution >= 4 is 34.0 Å². The van der Waals surface area contributed by atoms with E-state index in [4.69, 9.17) is 11.6 Å². The van der Waals surface area contributed by atoms with Crippen LogP contribution in [0.5, 0.6) is 0 Å². The van der Waals surface area contributed by atoms with Gasteiger partial charge in [0.25, 0.3) is 0 Å². The van der Waals surface area contributed by atoms with Crippen molar-refractivity contribution < 1.29 is 4.79 Å². The summed E-state index contributed by atoms with van der Waals surface area (Å²) in [4.78, 5) is 17.1. The van der Waals surface area contributed by atoms with E-state index in [0.29, 0.717) is 11.7 Å². The first-order valence-electron chi connectivity index (χ1n) is 4.24. The van der Waals surface area contributed by atoms with Crippen molar-refractivity contribution in [3.05, 3.63) is 10.5 Å². The van der Waals surface area contributed by atoms with E-state index in [1.165, 1.54) is 11.3 Å². The maximum absolute atomic E-state index is 11.2. The van der Waals surface area contributed by atoms with E-state index >= 15 is 0 Å². The van der Waals surface area contributed by atoms with Gasteiger partial charge in [-0.1, -0.05) is 11.6 Å². The third-order valence-electron chi connectivity index (χ3n) is 1.73. The second kappa shape index (κ2) is 5.17. The Bertz CT molecular complexity index is 315. The number of rotatable bonds is 4. The molecule has 0 radical (unpaired) electrons. The fourth-order valence-electron chi connectivity index (χ4n) is 0.958. The summed E-state index contributed by atoms with van der Waals surface area (Å²) in [7, 11) is 1.62. The van der Waals surface area contributed by atoms with Crippen LogP contribution in [0.15, 0.2) is 5.38 Å². The van der Waals surface area contributed by atoms with E-state index < -0.39 is 0 Å². The normalized spacial score (nSPS) is 9.93. The van der Waals surface area contributed by atoms with E-state index in [9.17, 15) is 4.79 Å². The van der Waals surface area contributed by atoms with Crippen LogP contribution in [0.1, 0.15) is 6.92 Å². The molecule has 0 bridgehead atoms. The predicted octanol–water partition coefficient (Wildman–Crippen LogP) is 1.37. The molecule has 0 aliphatic carbocycles. The summed E-state index contributed by atoms with van der Waals surface area (Å²) in [6, 6.07) is 0. The van der Waals surface area contributed by atoms with Gasteiger partial charge in [0, 0.05) is 19.0 Å². The van der Waals surface area contributed by atoms with Crippen molar-refractivity contribution in [2.75, 3.05) is 25.0 Å². The summed E-state index contributed by atoms with van der Waals surface area (Å²) in [5, 5.41) is 5.57. The zero-order valence-corrected chi connectivity index (χ0v) is 9.65. The van der Waals surface area contributed by atoms with Crippen molar-refractivity contribution in [2.45, 2.75) is 6.92 Å². The summed E-state index contributed by atoms with van der Waals surface area (Å²) in [5.74, 6) is -0.0295. The molecular formula is C8H12ClN3OS. The number of anilines is 1. The van der Waals surface area contributed by atoms with Crippen LogP contribution >= 0.6 is 22.9 Å². The molecule has 0 atom stereocenters. The lowest BCUT2D eigenvalue weighted by atomic mass is 10.5. The Labute approximate surface area is 91.9 Å². The summed E-state index contributed by atoms with van der Waals surface area (Å²) in [5.41, 5.74) is 0. The van der Waals surface area contributed by atoms with E-state index in [0.717, 1.165) is 11.7 Å². The predicted molar refractivity (Wildman–Crippen MR) is 59.1 cm³/mol. The standard InChI is InChI=1S/C8H12ClN3OS/c1-3-12(4-7(13)10-2)8-11-6(9)5-14-8/h5H,3-4H2,1-2H3,(H,10,13). The molecule has 0 saturated heterocycles. The fraction of sp³-hybridized carbons (Fsp3) is 0.500. The second-order valence-corrected chi connectivity index (χ2v) is 3.86. The molecular weight excluding hydrogens is 222 g/mol. The van der Waals surface area contributed by atoms with Gasteiger partial charge in [0.1, 0.15) is 5.15 Å². The molecule has 1 aromatic heterocycles. The summed E-state index contributed by atoms with van der Waals surface area (Å²) >= 11 is 7.14. The van der Waals surface area contributed by atoms with Gasteiger partial charge in [0.2, 0.25) is 5.91 Å². The zero-order valence-electron chi connectivity index (χ0n) is 8.08. The average molecular weight is 234 g/mol. The van der Waals surface area contributed by atoms with Crippen LogP contribution in [-0.4, -0.2) is 31.0 Å². The van der Waals surface area contributed by atoms with Crippen LogP contribution in [-0.2, 0) is 4.79 Å². The molecule has 4 nitrogen and oxygen atoms in total. The first-order valence-corrected chi connectivity index (χ1v) is 5.49. The van der Waals surface area contributed by atoms with Gasteiger partial charge in [0.15, 0.2) is 5.13 Å². The van der Waals surface area contributed by atoms with Crippen molar-refractivity contribution in [1.82, 2.24) is 10.3 Å². The van der Waals surface area contributed by atoms with Crippen LogP contribution in [0.3, 0.4) is 0 Å². The minimum absolute atomic E-state index is 0.0295. The average Bonchev–Trinajstić information content (AvgIpc) is 2.60. The smallest absolute Gasteiger partial charge is 0.239 e. The zero-order chi connectivity index (χ0) is 10.6. The van der Waals surface area contributed by atoms with Crippen LogP contribution in [0.25, 0.3) is 0 Å². The fourth-order valence-corrected chi connectivity index (χ4v) is 1.97. The lowest BCUT2D eigenvalue weighted by molar-refractivity contribution is -0.119. The van der Waals surface area contributed by atoms with Gasteiger partial charge in [-0.2, -0.15) is 0 Å². The minimum atomic E-state index is -0.0295. The molecule has 1 aromatic rings. The Morgan fingerprint density at radius 2 is 2.50 bits per heavy atom. The molecule has 0 aliphatic heterocycles. The van der Waals surface area contributed by atoms with Gasteiger partial charge < -0.3 is 10.2 Å². The first-order chi connectivity index (χ1) is 6.67. The molecule has 0 saturated carbocycles. The van der Waals surface area contributed by atoms with E-state index in [1.54, 1.807) is 12.4 Å². The summed E-state index contributed by atoms with van der Waals surface area (Å²) < 4.78 is 0. The molecule has 0 spiro atoms. The second-order valence-electron chi connectivity index (χ2n) is 2.64. The van der Waals surface area contributed by atoms with Gasteiger partial charge in [-0.3, -0.25) is 4.79 Å². The number of halogens is 1. The first kappa shape index (κ1) is 11.3. The number of amides is 1. The monoisotopic (exact) mass is 233 g/mol. The molecule has 78 valence electrons. The number of carbonyl (C=O) groups is 1. The Morgan fingerprint density at radius 3 is 2.93 bits per heavy atom. The third kappa shape index (κ3) is 2.85. The van der Waals surface area contributed by atoms with E-state index in [-0.39, 0.29) is 5.91 Å². The highest BCUT2D eigenvalue weighted by atomic mass is 35.5. The number of carbonyl (C=O) groups excluding carboxylic acids is 1. The van der Waals surface area contributed by atoms with Gasteiger partial charge in [-0.15, -0.1) is 11.3 Å². The van der Waals surface area contributed by atoms with Crippen LogP contribution in [0, 0.1) is 0 Å². The lowest BCUT2D eigenvalue weighted by Crippen LogP contribution is -2.35. The molecule has 0 fully saturated rings. The number of nitrogens with zero attached hydrogens (tertiary/aromatic N) is 2. The highest BCUT2D eigenvalue weighted by molar-refractivity contribution is 7.14. The number of hydrogen-bond donors (Lipinski definition) is 1. The number of likely N-dealkylation sites (N-methyl/N-ethyl adjacent to an activating group) is 2. The van der Waals surface area contributed by atoms with E-state index in [1.807, 2.05) is 11.8 Å². The summed E-state index contributed by atoms with van der Waals surface area (Å²) in [6.07, 6.45) is 0. The van der Waals surface area contributed by atoms with Crippen LogP contribution in [0.2, 0.25) is 5.15 Å². The molecule has 1 amide bonds. The van der Waals surface area contributed by atoms with Crippen molar-refractivity contribution in [3.8, 4) is 0 Å². The van der Waals surface area contributed by atoms with Crippen molar-refractivity contribution in [2.24, 2.45) is 0 Å². The number of thiazole rings is 1. The molecule has 0 aliphatic rings. The Hall–Kier alpha value is -0.810. The molecule has 14 heavy (non-hydrogen) atoms. The van der Waals surface area contributed by atoms with Gasteiger partial charge in [0.05, 0.1) is 6.54 Å². The van der Waals surface area contributed by atoms with Crippen molar-refractivity contribution in [1.29, 1.82) is 0 Å². The SMILES string of the molecule is CCN(CC(=O)NC)c1nc(Cl)cs1. The van der Waals surface area contributed by atoms with Gasteiger partial charge in [-0.05, 0) is 6.92 Å². The van der Waals surface area contributed by atoms with Gasteiger partial charge in [-0.25, -0.2) is 4.98 Å². The molecule has 1 heterocycles. The van der Waals surface area contributed by atoms with Crippen LogP contribution < -0.4 is 10.2 Å². The largest absolute Gasteiger partial charge is 0.358 e. The molecule has 0 unspecified atom stereocenters. The molecule has 0 aromatic carbocycles. The molecule has 1 rings (SSSR count). The molecule has 6 heteroatoms. The maximum atomic E-state index is 11.2. The van der Waals surface area contributed by atoms with Crippen molar-refractivity contribution in [3.63, 3.8) is 0 Å². The Balaban J connectivity index is 2.67. The van der Waals surface area contributed by atoms with Gasteiger partial charge >= 0.3 is 0 Å². The maximum Gasteiger partial charge on any atom is 0.239 e. The number of hydrogen-bond acceptors (Lipinski definition) is 4. The van der Waals surface area contributed by atoms with Crippen LogP contribution in [0.4, 0.5) is 5.13 Å². The highest BCUT2D eigenvalue weighted by Gasteiger charge is 2.11. The molecule has 1 N–H and O–H groups in total. The number of aromatic nitrogens is 1. The third-order valence-corrected chi connectivity index (χ3v) is 2.95. The lowest BCUT2D eigenvalue weighted by Gasteiger charge is -2.17. The van der Waals surface area contributed by atoms with E-state index in [2.05, 4.69) is 10.3 Å². The number of nitrogens with one attached hydrogen (secondary N) is 1. The minimum Gasteiger partial charge on any atom is -0.358 e. The topological polar surface area (TPSA) is 45.2 Å². The Kier molecular flexibility index (Phi) is 4.16. The summed E-state index contributed by atoms with van der Waals surface area (Å²) in [6.45, 7) is 3.02. The highest BCUT2D eigenvalue weighted by Crippen LogP contribution is 2.22.